The normalized spacial score (nSPS) is 11.5. The number of nitrogens with zero attached hydrogens (tertiary/aromatic N) is 4. The first-order valence-corrected chi connectivity index (χ1v) is 13.8. The summed E-state index contributed by atoms with van der Waals surface area (Å²) in [5.74, 6) is -0.0956. The van der Waals surface area contributed by atoms with Crippen LogP contribution in [0.1, 0.15) is 31.9 Å². The van der Waals surface area contributed by atoms with Crippen molar-refractivity contribution in [3.8, 4) is 11.4 Å². The lowest BCUT2D eigenvalue weighted by Crippen LogP contribution is -2.28. The summed E-state index contributed by atoms with van der Waals surface area (Å²) in [5, 5.41) is 9.50. The molecule has 0 bridgehead atoms. The Morgan fingerprint density at radius 2 is 1.81 bits per heavy atom. The minimum absolute atomic E-state index is 0.146. The Morgan fingerprint density at radius 1 is 1.11 bits per heavy atom. The van der Waals surface area contributed by atoms with Crippen molar-refractivity contribution in [3.63, 3.8) is 0 Å². The molecule has 0 spiro atoms. The van der Waals surface area contributed by atoms with Crippen molar-refractivity contribution in [1.82, 2.24) is 9.78 Å². The molecular formula is C27H30N4O4S2. The number of anilines is 1. The van der Waals surface area contributed by atoms with Gasteiger partial charge in [0.05, 0.1) is 35.7 Å². The van der Waals surface area contributed by atoms with Gasteiger partial charge in [0.15, 0.2) is 5.76 Å². The third-order valence-corrected chi connectivity index (χ3v) is 7.60. The van der Waals surface area contributed by atoms with Crippen LogP contribution in [0.25, 0.3) is 5.69 Å². The highest BCUT2D eigenvalue weighted by Crippen LogP contribution is 2.41. The maximum absolute atomic E-state index is 13.4. The standard InChI is InChI=1S/C27H30N4O4S2/c1-7-34-24(26(32)30(28-6)21-13-9-11-18(3)15-21)20(5)36-37-23-17-29-31(27(33)25(23)35-8-2)22-14-10-12-19(4)16-22/h9-17H,6-8H2,1-5H3. The molecular weight excluding hydrogens is 508 g/mol. The third-order valence-electron chi connectivity index (χ3n) is 5.07. The predicted octanol–water partition coefficient (Wildman–Crippen LogP) is 5.91. The smallest absolute Gasteiger partial charge is 0.315 e. The molecule has 0 atom stereocenters. The number of rotatable bonds is 11. The van der Waals surface area contributed by atoms with Crippen LogP contribution in [0, 0.1) is 13.8 Å². The number of allylic oxidation sites excluding steroid dienone is 1. The van der Waals surface area contributed by atoms with Gasteiger partial charge in [-0.15, -0.1) is 0 Å². The lowest BCUT2D eigenvalue weighted by Gasteiger charge is -2.20. The SMILES string of the molecule is C=NN(C(=O)C(OCC)=C(C)SSc1cnn(-c2cccc(C)c2)c(=O)c1OCC)c1cccc(C)c1. The Bertz CT molecular complexity index is 1370. The fourth-order valence-corrected chi connectivity index (χ4v) is 5.40. The van der Waals surface area contributed by atoms with Crippen molar-refractivity contribution in [3.05, 3.63) is 86.9 Å². The lowest BCUT2D eigenvalue weighted by molar-refractivity contribution is -0.118. The molecule has 0 aliphatic carbocycles. The number of hydrogen-bond acceptors (Lipinski definition) is 8. The highest BCUT2D eigenvalue weighted by Gasteiger charge is 2.24. The zero-order valence-electron chi connectivity index (χ0n) is 21.6. The van der Waals surface area contributed by atoms with Crippen molar-refractivity contribution in [2.75, 3.05) is 18.2 Å². The van der Waals surface area contributed by atoms with Gasteiger partial charge in [-0.3, -0.25) is 9.59 Å². The largest absolute Gasteiger partial charge is 0.487 e. The number of carbonyl (C=O) groups is 1. The fraction of sp³-hybridized carbons (Fsp3) is 0.259. The van der Waals surface area contributed by atoms with E-state index < -0.39 is 5.91 Å². The van der Waals surface area contributed by atoms with Crippen molar-refractivity contribution < 1.29 is 14.3 Å². The van der Waals surface area contributed by atoms with Crippen LogP contribution in [0.3, 0.4) is 0 Å². The molecule has 1 aromatic heterocycles. The number of carbonyl (C=O) groups excluding carboxylic acids is 1. The van der Waals surface area contributed by atoms with Crippen LogP contribution >= 0.6 is 21.6 Å². The lowest BCUT2D eigenvalue weighted by atomic mass is 10.2. The van der Waals surface area contributed by atoms with Gasteiger partial charge in [-0.05, 0) is 80.8 Å². The van der Waals surface area contributed by atoms with Gasteiger partial charge in [-0.2, -0.15) is 19.9 Å². The first-order valence-electron chi connectivity index (χ1n) is 11.7. The van der Waals surface area contributed by atoms with E-state index in [1.165, 1.54) is 31.3 Å². The molecule has 0 fully saturated rings. The summed E-state index contributed by atoms with van der Waals surface area (Å²) in [6.07, 6.45) is 1.59. The van der Waals surface area contributed by atoms with E-state index in [1.54, 1.807) is 26.1 Å². The summed E-state index contributed by atoms with van der Waals surface area (Å²) in [4.78, 5) is 27.7. The first-order chi connectivity index (χ1) is 17.8. The summed E-state index contributed by atoms with van der Waals surface area (Å²) < 4.78 is 12.8. The Labute approximate surface area is 224 Å². The summed E-state index contributed by atoms with van der Waals surface area (Å²) in [5.41, 5.74) is 2.89. The molecule has 2 aromatic carbocycles. The molecule has 8 nitrogen and oxygen atoms in total. The molecule has 0 saturated heterocycles. The van der Waals surface area contributed by atoms with Gasteiger partial charge in [-0.25, -0.2) is 0 Å². The van der Waals surface area contributed by atoms with E-state index in [2.05, 4.69) is 16.9 Å². The van der Waals surface area contributed by atoms with Crippen LogP contribution in [0.15, 0.2) is 80.2 Å². The molecule has 194 valence electrons. The number of benzene rings is 2. The summed E-state index contributed by atoms with van der Waals surface area (Å²) >= 11 is 0. The monoisotopic (exact) mass is 538 g/mol. The third kappa shape index (κ3) is 6.84. The zero-order valence-corrected chi connectivity index (χ0v) is 23.2. The van der Waals surface area contributed by atoms with Crippen molar-refractivity contribution in [2.45, 2.75) is 39.5 Å². The zero-order chi connectivity index (χ0) is 26.9. The predicted molar refractivity (Wildman–Crippen MR) is 152 cm³/mol. The van der Waals surface area contributed by atoms with E-state index in [0.29, 0.717) is 34.4 Å². The second kappa shape index (κ2) is 13.2. The highest BCUT2D eigenvalue weighted by molar-refractivity contribution is 8.78. The number of hydrogen-bond donors (Lipinski definition) is 0. The Hall–Kier alpha value is -3.50. The van der Waals surface area contributed by atoms with Gasteiger partial charge in [0, 0.05) is 11.6 Å². The fourth-order valence-electron chi connectivity index (χ4n) is 3.43. The summed E-state index contributed by atoms with van der Waals surface area (Å²) in [6.45, 7) is 13.5. The maximum atomic E-state index is 13.4. The molecule has 0 saturated carbocycles. The van der Waals surface area contributed by atoms with Gasteiger partial charge < -0.3 is 9.47 Å². The molecule has 0 aliphatic rings. The molecule has 3 aromatic rings. The number of ether oxygens (including phenoxy) is 2. The van der Waals surface area contributed by atoms with E-state index in [0.717, 1.165) is 11.1 Å². The van der Waals surface area contributed by atoms with E-state index in [-0.39, 0.29) is 17.1 Å². The van der Waals surface area contributed by atoms with E-state index >= 15 is 0 Å². The molecule has 3 rings (SSSR count). The Balaban J connectivity index is 1.92. The van der Waals surface area contributed by atoms with Crippen LogP contribution in [-0.2, 0) is 9.53 Å². The molecule has 0 unspecified atom stereocenters. The summed E-state index contributed by atoms with van der Waals surface area (Å²) in [6, 6.07) is 14.9. The van der Waals surface area contributed by atoms with Gasteiger partial charge >= 0.3 is 11.5 Å². The quantitative estimate of drug-likeness (QED) is 0.0987. The van der Waals surface area contributed by atoms with Crippen LogP contribution < -0.4 is 15.3 Å². The molecule has 1 heterocycles. The molecule has 0 N–H and O–H groups in total. The van der Waals surface area contributed by atoms with E-state index in [4.69, 9.17) is 9.47 Å². The molecule has 37 heavy (non-hydrogen) atoms. The molecule has 0 aliphatic heterocycles. The first kappa shape index (κ1) is 28.1. The average molecular weight is 539 g/mol. The second-order valence-corrected chi connectivity index (χ2v) is 10.3. The molecule has 1 amide bonds. The average Bonchev–Trinajstić information content (AvgIpc) is 2.88. The van der Waals surface area contributed by atoms with Gasteiger partial charge in [0.25, 0.3) is 0 Å². The van der Waals surface area contributed by atoms with Crippen LogP contribution in [-0.4, -0.2) is 35.6 Å². The van der Waals surface area contributed by atoms with Crippen molar-refractivity contribution in [2.24, 2.45) is 5.10 Å². The van der Waals surface area contributed by atoms with E-state index in [9.17, 15) is 9.59 Å². The van der Waals surface area contributed by atoms with Crippen molar-refractivity contribution >= 4 is 39.9 Å². The number of aromatic nitrogens is 2. The molecule has 0 radical (unpaired) electrons. The summed E-state index contributed by atoms with van der Waals surface area (Å²) in [7, 11) is 2.55. The topological polar surface area (TPSA) is 86.0 Å². The van der Waals surface area contributed by atoms with Crippen LogP contribution in [0.4, 0.5) is 5.69 Å². The molecule has 10 heteroatoms. The van der Waals surface area contributed by atoms with Crippen molar-refractivity contribution in [1.29, 1.82) is 0 Å². The number of hydrazone groups is 1. The number of aryl methyl sites for hydroxylation is 2. The van der Waals surface area contributed by atoms with Crippen LogP contribution in [0.2, 0.25) is 0 Å². The van der Waals surface area contributed by atoms with Gasteiger partial charge in [0.2, 0.25) is 5.75 Å². The second-order valence-electron chi connectivity index (χ2n) is 7.91. The van der Waals surface area contributed by atoms with Gasteiger partial charge in [-0.1, -0.05) is 35.1 Å². The Kier molecular flexibility index (Phi) is 9.99. The minimum Gasteiger partial charge on any atom is -0.487 e. The Morgan fingerprint density at radius 3 is 2.43 bits per heavy atom. The van der Waals surface area contributed by atoms with Gasteiger partial charge in [0.1, 0.15) is 0 Å². The van der Waals surface area contributed by atoms with Crippen LogP contribution in [0.5, 0.6) is 5.75 Å². The van der Waals surface area contributed by atoms with E-state index in [1.807, 2.05) is 63.2 Å². The minimum atomic E-state index is -0.439. The maximum Gasteiger partial charge on any atom is 0.315 e. The highest BCUT2D eigenvalue weighted by atomic mass is 33.1. The number of amides is 1.